The third kappa shape index (κ3) is 3.44. The van der Waals surface area contributed by atoms with Crippen LogP contribution in [0.4, 0.5) is 0 Å². The number of hydrogen-bond donors (Lipinski definition) is 0. The van der Waals surface area contributed by atoms with Crippen molar-refractivity contribution in [3.05, 3.63) is 33.4 Å². The predicted molar refractivity (Wildman–Crippen MR) is 76.8 cm³/mol. The van der Waals surface area contributed by atoms with Crippen LogP contribution >= 0.6 is 22.6 Å². The van der Waals surface area contributed by atoms with Crippen LogP contribution in [-0.2, 0) is 14.3 Å². The molecule has 1 aliphatic rings. The normalized spacial score (nSPS) is 19.1. The fraction of sp³-hybridized carbons (Fsp3) is 0.385. The van der Waals surface area contributed by atoms with E-state index in [4.69, 9.17) is 4.74 Å². The highest BCUT2D eigenvalue weighted by atomic mass is 127. The van der Waals surface area contributed by atoms with Crippen LogP contribution in [0, 0.1) is 3.57 Å². The molecular formula is C13H14INO4. The SMILES string of the molecule is COC(=O)C1CN(C(=O)c2ccc(I)cc2)CCO1. The second kappa shape index (κ2) is 6.33. The molecule has 0 bridgehead atoms. The lowest BCUT2D eigenvalue weighted by molar-refractivity contribution is -0.158. The van der Waals surface area contributed by atoms with Gasteiger partial charge in [0.05, 0.1) is 20.3 Å². The number of halogens is 1. The molecule has 1 aromatic rings. The fourth-order valence-electron chi connectivity index (χ4n) is 1.88. The number of hydrogen-bond acceptors (Lipinski definition) is 4. The molecule has 1 saturated heterocycles. The van der Waals surface area contributed by atoms with E-state index in [0.717, 1.165) is 3.57 Å². The molecule has 0 aliphatic carbocycles. The van der Waals surface area contributed by atoms with Crippen LogP contribution in [0.25, 0.3) is 0 Å². The average Bonchev–Trinajstić information content (AvgIpc) is 2.46. The third-order valence-corrected chi connectivity index (χ3v) is 3.63. The van der Waals surface area contributed by atoms with Crippen molar-refractivity contribution in [3.8, 4) is 0 Å². The van der Waals surface area contributed by atoms with Crippen molar-refractivity contribution < 1.29 is 19.1 Å². The predicted octanol–water partition coefficient (Wildman–Crippen LogP) is 1.31. The number of esters is 1. The van der Waals surface area contributed by atoms with E-state index in [1.165, 1.54) is 7.11 Å². The lowest BCUT2D eigenvalue weighted by atomic mass is 10.1. The van der Waals surface area contributed by atoms with Crippen molar-refractivity contribution >= 4 is 34.5 Å². The number of morpholine rings is 1. The molecule has 2 rings (SSSR count). The third-order valence-electron chi connectivity index (χ3n) is 2.91. The van der Waals surface area contributed by atoms with E-state index in [1.807, 2.05) is 12.1 Å². The molecule has 0 spiro atoms. The summed E-state index contributed by atoms with van der Waals surface area (Å²) in [5, 5.41) is 0. The van der Waals surface area contributed by atoms with Gasteiger partial charge in [0.25, 0.3) is 5.91 Å². The van der Waals surface area contributed by atoms with E-state index < -0.39 is 12.1 Å². The molecule has 1 aliphatic heterocycles. The van der Waals surface area contributed by atoms with Gasteiger partial charge in [-0.05, 0) is 46.9 Å². The lowest BCUT2D eigenvalue weighted by Gasteiger charge is -2.31. The molecule has 0 radical (unpaired) electrons. The molecule has 102 valence electrons. The van der Waals surface area contributed by atoms with Crippen LogP contribution < -0.4 is 0 Å². The Morgan fingerprint density at radius 1 is 1.37 bits per heavy atom. The van der Waals surface area contributed by atoms with Gasteiger partial charge in [-0.15, -0.1) is 0 Å². The molecule has 19 heavy (non-hydrogen) atoms. The van der Waals surface area contributed by atoms with E-state index in [1.54, 1.807) is 17.0 Å². The number of amides is 1. The number of rotatable bonds is 2. The molecule has 0 saturated carbocycles. The van der Waals surface area contributed by atoms with Crippen LogP contribution in [0.1, 0.15) is 10.4 Å². The molecule has 0 aromatic heterocycles. The lowest BCUT2D eigenvalue weighted by Crippen LogP contribution is -2.48. The smallest absolute Gasteiger partial charge is 0.336 e. The summed E-state index contributed by atoms with van der Waals surface area (Å²) >= 11 is 2.19. The Balaban J connectivity index is 2.06. The van der Waals surface area contributed by atoms with E-state index in [2.05, 4.69) is 27.3 Å². The first-order valence-corrected chi connectivity index (χ1v) is 6.94. The summed E-state index contributed by atoms with van der Waals surface area (Å²) in [6, 6.07) is 7.33. The number of methoxy groups -OCH3 is 1. The maximum Gasteiger partial charge on any atom is 0.336 e. The Hall–Kier alpha value is -1.15. The second-order valence-corrected chi connectivity index (χ2v) is 5.39. The van der Waals surface area contributed by atoms with Crippen LogP contribution in [0.2, 0.25) is 0 Å². The van der Waals surface area contributed by atoms with Gasteiger partial charge in [0.1, 0.15) is 0 Å². The molecule has 0 N–H and O–H groups in total. The first kappa shape index (κ1) is 14.3. The van der Waals surface area contributed by atoms with Gasteiger partial charge in [0.2, 0.25) is 0 Å². The largest absolute Gasteiger partial charge is 0.467 e. The molecule has 5 nitrogen and oxygen atoms in total. The summed E-state index contributed by atoms with van der Waals surface area (Å²) < 4.78 is 11.0. The average molecular weight is 375 g/mol. The summed E-state index contributed by atoms with van der Waals surface area (Å²) in [5.74, 6) is -0.534. The minimum absolute atomic E-state index is 0.0893. The van der Waals surface area contributed by atoms with Gasteiger partial charge < -0.3 is 14.4 Å². The van der Waals surface area contributed by atoms with Crippen molar-refractivity contribution in [1.29, 1.82) is 0 Å². The van der Waals surface area contributed by atoms with E-state index in [9.17, 15) is 9.59 Å². The Morgan fingerprint density at radius 2 is 2.05 bits per heavy atom. The van der Waals surface area contributed by atoms with Crippen molar-refractivity contribution in [2.45, 2.75) is 6.10 Å². The molecule has 1 atom stereocenters. The highest BCUT2D eigenvalue weighted by molar-refractivity contribution is 14.1. The maximum atomic E-state index is 12.3. The molecule has 1 aromatic carbocycles. The monoisotopic (exact) mass is 375 g/mol. The number of carbonyl (C=O) groups excluding carboxylic acids is 2. The van der Waals surface area contributed by atoms with Gasteiger partial charge >= 0.3 is 5.97 Å². The highest BCUT2D eigenvalue weighted by Gasteiger charge is 2.30. The van der Waals surface area contributed by atoms with Crippen LogP contribution in [0.5, 0.6) is 0 Å². The first-order chi connectivity index (χ1) is 9.11. The van der Waals surface area contributed by atoms with Crippen LogP contribution in [-0.4, -0.2) is 49.7 Å². The minimum atomic E-state index is -0.688. The molecule has 1 unspecified atom stereocenters. The van der Waals surface area contributed by atoms with Gasteiger partial charge in [-0.1, -0.05) is 0 Å². The zero-order valence-electron chi connectivity index (χ0n) is 10.5. The van der Waals surface area contributed by atoms with Gasteiger partial charge in [-0.25, -0.2) is 4.79 Å². The van der Waals surface area contributed by atoms with Gasteiger partial charge in [0.15, 0.2) is 6.10 Å². The Labute approximate surface area is 125 Å². The standard InChI is InChI=1S/C13H14INO4/c1-18-13(17)11-8-15(6-7-19-11)12(16)9-2-4-10(14)5-3-9/h2-5,11H,6-8H2,1H3. The Bertz CT molecular complexity index is 474. The molecular weight excluding hydrogens is 361 g/mol. The van der Waals surface area contributed by atoms with E-state index in [0.29, 0.717) is 18.7 Å². The zero-order chi connectivity index (χ0) is 13.8. The minimum Gasteiger partial charge on any atom is -0.467 e. The maximum absolute atomic E-state index is 12.3. The van der Waals surface area contributed by atoms with Crippen molar-refractivity contribution in [2.75, 3.05) is 26.8 Å². The highest BCUT2D eigenvalue weighted by Crippen LogP contribution is 2.13. The number of benzene rings is 1. The first-order valence-electron chi connectivity index (χ1n) is 5.86. The summed E-state index contributed by atoms with van der Waals surface area (Å²) in [5.41, 5.74) is 0.617. The summed E-state index contributed by atoms with van der Waals surface area (Å²) in [6.07, 6.45) is -0.688. The number of nitrogens with zero attached hydrogens (tertiary/aromatic N) is 1. The quantitative estimate of drug-likeness (QED) is 0.578. The topological polar surface area (TPSA) is 55.8 Å². The summed E-state index contributed by atoms with van der Waals surface area (Å²) in [4.78, 5) is 25.3. The van der Waals surface area contributed by atoms with Gasteiger partial charge in [-0.3, -0.25) is 4.79 Å². The van der Waals surface area contributed by atoms with Gasteiger partial charge in [-0.2, -0.15) is 0 Å². The van der Waals surface area contributed by atoms with E-state index >= 15 is 0 Å². The molecule has 6 heteroatoms. The second-order valence-electron chi connectivity index (χ2n) is 4.14. The Morgan fingerprint density at radius 3 is 2.68 bits per heavy atom. The summed E-state index contributed by atoms with van der Waals surface area (Å²) in [7, 11) is 1.31. The molecule has 1 heterocycles. The van der Waals surface area contributed by atoms with Crippen molar-refractivity contribution in [1.82, 2.24) is 4.90 Å². The summed E-state index contributed by atoms with van der Waals surface area (Å²) in [6.45, 7) is 1.06. The molecule has 1 fully saturated rings. The van der Waals surface area contributed by atoms with Crippen molar-refractivity contribution in [3.63, 3.8) is 0 Å². The Kier molecular flexibility index (Phi) is 4.76. The zero-order valence-corrected chi connectivity index (χ0v) is 12.6. The molecule has 1 amide bonds. The van der Waals surface area contributed by atoms with Gasteiger partial charge in [0, 0.05) is 15.7 Å². The number of ether oxygens (including phenoxy) is 2. The van der Waals surface area contributed by atoms with Crippen LogP contribution in [0.3, 0.4) is 0 Å². The number of carbonyl (C=O) groups is 2. The fourth-order valence-corrected chi connectivity index (χ4v) is 2.24. The van der Waals surface area contributed by atoms with Crippen molar-refractivity contribution in [2.24, 2.45) is 0 Å². The van der Waals surface area contributed by atoms with E-state index in [-0.39, 0.29) is 12.5 Å². The van der Waals surface area contributed by atoms with Crippen LogP contribution in [0.15, 0.2) is 24.3 Å².